The van der Waals surface area contributed by atoms with E-state index in [4.69, 9.17) is 16.4 Å². The van der Waals surface area contributed by atoms with E-state index in [1.807, 2.05) is 19.1 Å². The van der Waals surface area contributed by atoms with Crippen molar-refractivity contribution in [2.75, 3.05) is 0 Å². The molecule has 7 heteroatoms. The Labute approximate surface area is 150 Å². The summed E-state index contributed by atoms with van der Waals surface area (Å²) in [5.74, 6) is 0. The second kappa shape index (κ2) is 7.70. The molecule has 0 radical (unpaired) electrons. The van der Waals surface area contributed by atoms with Crippen LogP contribution in [0.2, 0.25) is 5.02 Å². The van der Waals surface area contributed by atoms with Crippen molar-refractivity contribution in [2.45, 2.75) is 45.4 Å². The molecule has 0 bridgehead atoms. The number of hydrogen-bond donors (Lipinski definition) is 0. The average molecular weight is 362 g/mol. The standard InChI is InChI=1S/C18H20ClN3O3/c1-2-3-9-22-17(23)8-10-21(18(22)24)12-15-11-16(20-25-15)13-4-6-14(19)7-5-13/h4-8,10,15H,2-3,9,11-12H2,1H3. The third-order valence-electron chi connectivity index (χ3n) is 4.19. The van der Waals surface area contributed by atoms with Gasteiger partial charge in [0.15, 0.2) is 6.10 Å². The maximum absolute atomic E-state index is 12.5. The Morgan fingerprint density at radius 2 is 2.00 bits per heavy atom. The van der Waals surface area contributed by atoms with E-state index in [2.05, 4.69) is 5.16 Å². The lowest BCUT2D eigenvalue weighted by Crippen LogP contribution is -2.40. The summed E-state index contributed by atoms with van der Waals surface area (Å²) in [7, 11) is 0. The van der Waals surface area contributed by atoms with Gasteiger partial charge in [-0.3, -0.25) is 13.9 Å². The minimum atomic E-state index is -0.301. The molecule has 0 saturated heterocycles. The highest BCUT2D eigenvalue weighted by Gasteiger charge is 2.23. The van der Waals surface area contributed by atoms with Crippen molar-refractivity contribution in [3.8, 4) is 0 Å². The van der Waals surface area contributed by atoms with E-state index < -0.39 is 0 Å². The lowest BCUT2D eigenvalue weighted by atomic mass is 10.1. The summed E-state index contributed by atoms with van der Waals surface area (Å²) in [5, 5.41) is 4.79. The maximum atomic E-state index is 12.5. The van der Waals surface area contributed by atoms with Crippen molar-refractivity contribution in [3.63, 3.8) is 0 Å². The van der Waals surface area contributed by atoms with Crippen LogP contribution in [0.3, 0.4) is 0 Å². The molecule has 2 aromatic rings. The molecular formula is C18H20ClN3O3. The molecule has 1 aliphatic rings. The molecular weight excluding hydrogens is 342 g/mol. The monoisotopic (exact) mass is 361 g/mol. The SMILES string of the molecule is CCCCn1c(=O)ccn(CC2CC(c3ccc(Cl)cc3)=NO2)c1=O. The Balaban J connectivity index is 1.71. The fraction of sp³-hybridized carbons (Fsp3) is 0.389. The molecule has 0 amide bonds. The number of oxime groups is 1. The summed E-state index contributed by atoms with van der Waals surface area (Å²) in [4.78, 5) is 29.8. The van der Waals surface area contributed by atoms with Gasteiger partial charge in [-0.1, -0.05) is 42.2 Å². The number of unbranched alkanes of at least 4 members (excludes halogenated alkanes) is 1. The van der Waals surface area contributed by atoms with Crippen LogP contribution in [0.5, 0.6) is 0 Å². The first-order valence-corrected chi connectivity index (χ1v) is 8.75. The zero-order valence-electron chi connectivity index (χ0n) is 14.0. The summed E-state index contributed by atoms with van der Waals surface area (Å²) >= 11 is 5.90. The smallest absolute Gasteiger partial charge is 0.331 e. The van der Waals surface area contributed by atoms with Crippen molar-refractivity contribution in [1.82, 2.24) is 9.13 Å². The Kier molecular flexibility index (Phi) is 5.38. The van der Waals surface area contributed by atoms with Gasteiger partial charge in [0.25, 0.3) is 5.56 Å². The topological polar surface area (TPSA) is 65.6 Å². The summed E-state index contributed by atoms with van der Waals surface area (Å²) < 4.78 is 2.79. The Hall–Kier alpha value is -2.34. The van der Waals surface area contributed by atoms with Crippen LogP contribution in [-0.2, 0) is 17.9 Å². The molecule has 0 aliphatic carbocycles. The number of rotatable bonds is 6. The molecule has 2 heterocycles. The predicted molar refractivity (Wildman–Crippen MR) is 97.3 cm³/mol. The number of hydrogen-bond acceptors (Lipinski definition) is 4. The maximum Gasteiger partial charge on any atom is 0.331 e. The van der Waals surface area contributed by atoms with Crippen molar-refractivity contribution >= 4 is 17.3 Å². The number of halogens is 1. The van der Waals surface area contributed by atoms with Gasteiger partial charge in [-0.2, -0.15) is 0 Å². The number of benzene rings is 1. The van der Waals surface area contributed by atoms with Gasteiger partial charge in [0, 0.05) is 30.3 Å². The van der Waals surface area contributed by atoms with E-state index in [-0.39, 0.29) is 17.4 Å². The van der Waals surface area contributed by atoms with Gasteiger partial charge in [-0.25, -0.2) is 4.79 Å². The van der Waals surface area contributed by atoms with E-state index in [0.717, 1.165) is 24.1 Å². The minimum absolute atomic E-state index is 0.236. The normalized spacial score (nSPS) is 16.6. The molecule has 1 atom stereocenters. The van der Waals surface area contributed by atoms with E-state index in [0.29, 0.717) is 24.5 Å². The van der Waals surface area contributed by atoms with Gasteiger partial charge < -0.3 is 4.84 Å². The summed E-state index contributed by atoms with van der Waals surface area (Å²) in [6.45, 7) is 2.81. The van der Waals surface area contributed by atoms with E-state index >= 15 is 0 Å². The highest BCUT2D eigenvalue weighted by molar-refractivity contribution is 6.30. The molecule has 132 valence electrons. The largest absolute Gasteiger partial charge is 0.390 e. The van der Waals surface area contributed by atoms with Crippen LogP contribution in [0.1, 0.15) is 31.7 Å². The summed E-state index contributed by atoms with van der Waals surface area (Å²) in [5.41, 5.74) is 1.21. The average Bonchev–Trinajstić information content (AvgIpc) is 3.07. The summed E-state index contributed by atoms with van der Waals surface area (Å²) in [6, 6.07) is 8.82. The van der Waals surface area contributed by atoms with Gasteiger partial charge in [-0.05, 0) is 24.1 Å². The predicted octanol–water partition coefficient (Wildman–Crippen LogP) is 2.66. The molecule has 1 aromatic heterocycles. The Bertz CT molecular complexity index is 884. The molecule has 3 rings (SSSR count). The molecule has 25 heavy (non-hydrogen) atoms. The fourth-order valence-electron chi connectivity index (χ4n) is 2.78. The molecule has 1 aromatic carbocycles. The van der Waals surface area contributed by atoms with Crippen LogP contribution in [0.25, 0.3) is 0 Å². The van der Waals surface area contributed by atoms with Crippen LogP contribution in [0.4, 0.5) is 0 Å². The fourth-order valence-corrected chi connectivity index (χ4v) is 2.90. The number of aromatic nitrogens is 2. The van der Waals surface area contributed by atoms with Crippen LogP contribution in [0, 0.1) is 0 Å². The van der Waals surface area contributed by atoms with Crippen LogP contribution in [0.15, 0.2) is 51.3 Å². The molecule has 0 N–H and O–H groups in total. The highest BCUT2D eigenvalue weighted by Crippen LogP contribution is 2.19. The molecule has 0 spiro atoms. The molecule has 0 fully saturated rings. The lowest BCUT2D eigenvalue weighted by molar-refractivity contribution is 0.0710. The van der Waals surface area contributed by atoms with Crippen molar-refractivity contribution < 1.29 is 4.84 Å². The van der Waals surface area contributed by atoms with Gasteiger partial charge in [0.1, 0.15) is 0 Å². The van der Waals surface area contributed by atoms with Gasteiger partial charge in [0.05, 0.1) is 12.3 Å². The molecule has 1 unspecified atom stereocenters. The Morgan fingerprint density at radius 3 is 2.72 bits per heavy atom. The van der Waals surface area contributed by atoms with E-state index in [9.17, 15) is 9.59 Å². The third-order valence-corrected chi connectivity index (χ3v) is 4.44. The van der Waals surface area contributed by atoms with Crippen molar-refractivity contribution in [3.05, 3.63) is 68.0 Å². The second-order valence-electron chi connectivity index (χ2n) is 6.07. The highest BCUT2D eigenvalue weighted by atomic mass is 35.5. The first-order valence-electron chi connectivity index (χ1n) is 8.37. The lowest BCUT2D eigenvalue weighted by Gasteiger charge is -2.12. The van der Waals surface area contributed by atoms with E-state index in [1.165, 1.54) is 21.4 Å². The zero-order chi connectivity index (χ0) is 17.8. The van der Waals surface area contributed by atoms with Crippen LogP contribution >= 0.6 is 11.6 Å². The quantitative estimate of drug-likeness (QED) is 0.794. The van der Waals surface area contributed by atoms with Crippen LogP contribution in [-0.4, -0.2) is 20.9 Å². The van der Waals surface area contributed by atoms with Gasteiger partial charge in [0.2, 0.25) is 0 Å². The van der Waals surface area contributed by atoms with Crippen molar-refractivity contribution in [2.24, 2.45) is 5.16 Å². The zero-order valence-corrected chi connectivity index (χ0v) is 14.8. The third kappa shape index (κ3) is 4.02. The first-order chi connectivity index (χ1) is 12.1. The van der Waals surface area contributed by atoms with Gasteiger partial charge in [-0.15, -0.1) is 0 Å². The van der Waals surface area contributed by atoms with Crippen molar-refractivity contribution in [1.29, 1.82) is 0 Å². The minimum Gasteiger partial charge on any atom is -0.390 e. The van der Waals surface area contributed by atoms with E-state index in [1.54, 1.807) is 12.1 Å². The molecule has 6 nitrogen and oxygen atoms in total. The second-order valence-corrected chi connectivity index (χ2v) is 6.51. The molecule has 1 aliphatic heterocycles. The Morgan fingerprint density at radius 1 is 1.24 bits per heavy atom. The van der Waals surface area contributed by atoms with Crippen LogP contribution < -0.4 is 11.2 Å². The summed E-state index contributed by atoms with van der Waals surface area (Å²) in [6.07, 6.45) is 3.60. The first kappa shape index (κ1) is 17.5. The van der Waals surface area contributed by atoms with Gasteiger partial charge >= 0.3 is 5.69 Å². The number of nitrogens with zero attached hydrogens (tertiary/aromatic N) is 3. The molecule has 0 saturated carbocycles.